The van der Waals surface area contributed by atoms with Crippen molar-refractivity contribution in [1.82, 2.24) is 0 Å². The van der Waals surface area contributed by atoms with Gasteiger partial charge < -0.3 is 15.6 Å². The van der Waals surface area contributed by atoms with E-state index in [0.717, 1.165) is 0 Å². The molecule has 0 radical (unpaired) electrons. The topological polar surface area (TPSA) is 55.5 Å². The lowest BCUT2D eigenvalue weighted by molar-refractivity contribution is 0.0453. The Labute approximate surface area is 94.8 Å². The quantitative estimate of drug-likeness (QED) is 0.810. The van der Waals surface area contributed by atoms with E-state index in [0.29, 0.717) is 23.8 Å². The maximum absolute atomic E-state index is 9.63. The van der Waals surface area contributed by atoms with Gasteiger partial charge in [0.05, 0.1) is 17.2 Å². The molecule has 3 nitrogen and oxygen atoms in total. The van der Waals surface area contributed by atoms with E-state index in [1.54, 1.807) is 19.1 Å². The van der Waals surface area contributed by atoms with Crippen molar-refractivity contribution >= 4 is 11.6 Å². The standard InChI is InChI=1S/C11H16ClNO2/c1-11(14,8-13)6-7-15-10-5-3-2-4-9(10)12/h2-5,14H,6-8,13H2,1H3. The lowest BCUT2D eigenvalue weighted by Gasteiger charge is -2.20. The second kappa shape index (κ2) is 5.35. The maximum atomic E-state index is 9.63. The van der Waals surface area contributed by atoms with Crippen molar-refractivity contribution in [2.45, 2.75) is 18.9 Å². The van der Waals surface area contributed by atoms with Gasteiger partial charge >= 0.3 is 0 Å². The Morgan fingerprint density at radius 1 is 1.47 bits per heavy atom. The summed E-state index contributed by atoms with van der Waals surface area (Å²) in [6, 6.07) is 7.24. The minimum atomic E-state index is -0.874. The molecule has 1 aromatic rings. The van der Waals surface area contributed by atoms with Crippen molar-refractivity contribution in [2.24, 2.45) is 5.73 Å². The first kappa shape index (κ1) is 12.3. The van der Waals surface area contributed by atoms with Crippen LogP contribution in [0, 0.1) is 0 Å². The van der Waals surface area contributed by atoms with Crippen molar-refractivity contribution in [3.8, 4) is 5.75 Å². The third-order valence-corrected chi connectivity index (χ3v) is 2.49. The fourth-order valence-corrected chi connectivity index (χ4v) is 1.24. The van der Waals surface area contributed by atoms with Crippen LogP contribution in [0.2, 0.25) is 5.02 Å². The van der Waals surface area contributed by atoms with E-state index in [-0.39, 0.29) is 6.54 Å². The zero-order valence-electron chi connectivity index (χ0n) is 8.74. The average Bonchev–Trinajstić information content (AvgIpc) is 2.21. The van der Waals surface area contributed by atoms with Gasteiger partial charge in [-0.2, -0.15) is 0 Å². The molecule has 1 rings (SSSR count). The molecule has 0 aromatic heterocycles. The minimum Gasteiger partial charge on any atom is -0.492 e. The molecule has 15 heavy (non-hydrogen) atoms. The van der Waals surface area contributed by atoms with Crippen LogP contribution in [-0.2, 0) is 0 Å². The number of nitrogens with two attached hydrogens (primary N) is 1. The number of halogens is 1. The summed E-state index contributed by atoms with van der Waals surface area (Å²) < 4.78 is 5.43. The smallest absolute Gasteiger partial charge is 0.137 e. The van der Waals surface area contributed by atoms with Crippen molar-refractivity contribution in [1.29, 1.82) is 0 Å². The summed E-state index contributed by atoms with van der Waals surface area (Å²) in [5.74, 6) is 0.631. The van der Waals surface area contributed by atoms with Crippen LogP contribution >= 0.6 is 11.6 Å². The van der Waals surface area contributed by atoms with Crippen LogP contribution in [0.3, 0.4) is 0 Å². The molecular formula is C11H16ClNO2. The number of aliphatic hydroxyl groups is 1. The van der Waals surface area contributed by atoms with Gasteiger partial charge in [0.2, 0.25) is 0 Å². The van der Waals surface area contributed by atoms with Gasteiger partial charge in [-0.1, -0.05) is 23.7 Å². The van der Waals surface area contributed by atoms with Gasteiger partial charge in [0.1, 0.15) is 5.75 Å². The summed E-state index contributed by atoms with van der Waals surface area (Å²) in [6.45, 7) is 2.30. The highest BCUT2D eigenvalue weighted by Crippen LogP contribution is 2.23. The molecular weight excluding hydrogens is 214 g/mol. The summed E-state index contributed by atoms with van der Waals surface area (Å²) in [7, 11) is 0. The molecule has 0 bridgehead atoms. The highest BCUT2D eigenvalue weighted by molar-refractivity contribution is 6.32. The highest BCUT2D eigenvalue weighted by Gasteiger charge is 2.17. The van der Waals surface area contributed by atoms with E-state index in [9.17, 15) is 5.11 Å². The molecule has 0 amide bonds. The summed E-state index contributed by atoms with van der Waals surface area (Å²) in [5, 5.41) is 10.2. The van der Waals surface area contributed by atoms with Crippen LogP contribution in [0.5, 0.6) is 5.75 Å². The molecule has 3 N–H and O–H groups in total. The van der Waals surface area contributed by atoms with Crippen LogP contribution in [0.1, 0.15) is 13.3 Å². The molecule has 1 atom stereocenters. The van der Waals surface area contributed by atoms with Crippen LogP contribution in [0.4, 0.5) is 0 Å². The van der Waals surface area contributed by atoms with E-state index >= 15 is 0 Å². The maximum Gasteiger partial charge on any atom is 0.137 e. The Hall–Kier alpha value is -0.770. The predicted octanol–water partition coefficient (Wildman–Crippen LogP) is 1.82. The van der Waals surface area contributed by atoms with E-state index in [2.05, 4.69) is 0 Å². The van der Waals surface area contributed by atoms with Gasteiger partial charge in [0.15, 0.2) is 0 Å². The first-order chi connectivity index (χ1) is 7.05. The van der Waals surface area contributed by atoms with Crippen LogP contribution < -0.4 is 10.5 Å². The van der Waals surface area contributed by atoms with E-state index in [1.807, 2.05) is 12.1 Å². The van der Waals surface area contributed by atoms with Crippen LogP contribution in [0.15, 0.2) is 24.3 Å². The summed E-state index contributed by atoms with van der Waals surface area (Å²) in [5.41, 5.74) is 4.51. The fraction of sp³-hybridized carbons (Fsp3) is 0.455. The van der Waals surface area contributed by atoms with E-state index in [1.165, 1.54) is 0 Å². The van der Waals surface area contributed by atoms with Gasteiger partial charge in [-0.3, -0.25) is 0 Å². The lowest BCUT2D eigenvalue weighted by atomic mass is 10.0. The predicted molar refractivity (Wildman–Crippen MR) is 61.2 cm³/mol. The molecule has 1 unspecified atom stereocenters. The number of benzene rings is 1. The number of para-hydroxylation sites is 1. The number of ether oxygens (including phenoxy) is 1. The van der Waals surface area contributed by atoms with Crippen LogP contribution in [-0.4, -0.2) is 23.9 Å². The second-order valence-corrected chi connectivity index (χ2v) is 4.14. The Morgan fingerprint density at radius 3 is 2.73 bits per heavy atom. The second-order valence-electron chi connectivity index (χ2n) is 3.73. The summed E-state index contributed by atoms with van der Waals surface area (Å²) in [4.78, 5) is 0. The van der Waals surface area contributed by atoms with Crippen molar-refractivity contribution in [3.63, 3.8) is 0 Å². The third-order valence-electron chi connectivity index (χ3n) is 2.17. The van der Waals surface area contributed by atoms with Gasteiger partial charge in [-0.05, 0) is 19.1 Å². The minimum absolute atomic E-state index is 0.221. The molecule has 0 aliphatic carbocycles. The molecule has 4 heteroatoms. The van der Waals surface area contributed by atoms with E-state index in [4.69, 9.17) is 22.1 Å². The Morgan fingerprint density at radius 2 is 2.13 bits per heavy atom. The Kier molecular flexibility index (Phi) is 4.39. The molecule has 0 saturated carbocycles. The molecule has 0 heterocycles. The normalized spacial score (nSPS) is 14.7. The SMILES string of the molecule is CC(O)(CN)CCOc1ccccc1Cl. The van der Waals surface area contributed by atoms with Gasteiger partial charge in [-0.25, -0.2) is 0 Å². The average molecular weight is 230 g/mol. The summed E-state index contributed by atoms with van der Waals surface area (Å²) >= 11 is 5.90. The Balaban J connectivity index is 2.42. The molecule has 0 fully saturated rings. The molecule has 0 aliphatic heterocycles. The largest absolute Gasteiger partial charge is 0.492 e. The van der Waals surface area contributed by atoms with E-state index < -0.39 is 5.60 Å². The molecule has 0 saturated heterocycles. The molecule has 0 aliphatic rings. The molecule has 1 aromatic carbocycles. The zero-order valence-corrected chi connectivity index (χ0v) is 9.50. The third kappa shape index (κ3) is 4.08. The van der Waals surface area contributed by atoms with Crippen molar-refractivity contribution in [3.05, 3.63) is 29.3 Å². The number of rotatable bonds is 5. The van der Waals surface area contributed by atoms with Gasteiger partial charge in [0, 0.05) is 13.0 Å². The number of hydrogen-bond acceptors (Lipinski definition) is 3. The highest BCUT2D eigenvalue weighted by atomic mass is 35.5. The molecule has 0 spiro atoms. The lowest BCUT2D eigenvalue weighted by Crippen LogP contribution is -2.35. The van der Waals surface area contributed by atoms with Crippen LogP contribution in [0.25, 0.3) is 0 Å². The monoisotopic (exact) mass is 229 g/mol. The van der Waals surface area contributed by atoms with Gasteiger partial charge in [0.25, 0.3) is 0 Å². The first-order valence-electron chi connectivity index (χ1n) is 4.85. The fourth-order valence-electron chi connectivity index (χ4n) is 1.04. The zero-order chi connectivity index (χ0) is 11.3. The van der Waals surface area contributed by atoms with Crippen molar-refractivity contribution < 1.29 is 9.84 Å². The van der Waals surface area contributed by atoms with Crippen molar-refractivity contribution in [2.75, 3.05) is 13.2 Å². The first-order valence-corrected chi connectivity index (χ1v) is 5.23. The van der Waals surface area contributed by atoms with Gasteiger partial charge in [-0.15, -0.1) is 0 Å². The Bertz CT molecular complexity index is 315. The molecule has 84 valence electrons. The summed E-state index contributed by atoms with van der Waals surface area (Å²) in [6.07, 6.45) is 0.481. The number of hydrogen-bond donors (Lipinski definition) is 2.